The Bertz CT molecular complexity index is 812. The number of benzene rings is 2. The number of para-hydroxylation sites is 2. The van der Waals surface area contributed by atoms with E-state index >= 15 is 0 Å². The van der Waals surface area contributed by atoms with Gasteiger partial charge < -0.3 is 23.7 Å². The van der Waals surface area contributed by atoms with Crippen LogP contribution in [-0.4, -0.2) is 39.6 Å². The maximum Gasteiger partial charge on any atom is 0.124 e. The van der Waals surface area contributed by atoms with Crippen LogP contribution in [0.5, 0.6) is 11.5 Å². The van der Waals surface area contributed by atoms with Gasteiger partial charge in [0.05, 0.1) is 26.4 Å². The lowest BCUT2D eigenvalue weighted by Gasteiger charge is -2.13. The first-order valence-corrected chi connectivity index (χ1v) is 9.54. The predicted octanol–water partition coefficient (Wildman–Crippen LogP) is 3.21. The number of ether oxygens (including phenoxy) is 5. The largest absolute Gasteiger partial charge is 0.491 e. The van der Waals surface area contributed by atoms with E-state index < -0.39 is 0 Å². The van der Waals surface area contributed by atoms with E-state index in [4.69, 9.17) is 23.7 Å². The average molecular weight is 392 g/mol. The number of rotatable bonds is 0. The summed E-state index contributed by atoms with van der Waals surface area (Å²) in [5.41, 5.74) is 1.94. The van der Waals surface area contributed by atoms with Crippen molar-refractivity contribution in [3.05, 3.63) is 59.7 Å². The molecule has 0 radical (unpaired) electrons. The van der Waals surface area contributed by atoms with E-state index in [-0.39, 0.29) is 0 Å². The molecule has 3 rings (SSSR count). The smallest absolute Gasteiger partial charge is 0.124 e. The minimum absolute atomic E-state index is 0.303. The summed E-state index contributed by atoms with van der Waals surface area (Å²) in [4.78, 5) is 0. The van der Waals surface area contributed by atoms with Gasteiger partial charge in [0.15, 0.2) is 0 Å². The maximum atomic E-state index is 5.82. The predicted molar refractivity (Wildman–Crippen MR) is 110 cm³/mol. The number of hydrogen-bond acceptors (Lipinski definition) is 5. The van der Waals surface area contributed by atoms with Crippen molar-refractivity contribution in [2.24, 2.45) is 0 Å². The van der Waals surface area contributed by atoms with Crippen LogP contribution in [0.4, 0.5) is 0 Å². The molecule has 0 aliphatic carbocycles. The second kappa shape index (κ2) is 12.5. The molecule has 1 aliphatic rings. The summed E-state index contributed by atoms with van der Waals surface area (Å²) in [7, 11) is 0. The summed E-state index contributed by atoms with van der Waals surface area (Å²) in [6, 6.07) is 15.6. The quantitative estimate of drug-likeness (QED) is 0.645. The zero-order valence-corrected chi connectivity index (χ0v) is 16.3. The van der Waals surface area contributed by atoms with Gasteiger partial charge in [0.2, 0.25) is 0 Å². The zero-order chi connectivity index (χ0) is 20.0. The SMILES string of the molecule is C1#CCOCc2ccccc2OCCOCCOc2ccccc2COCC#C1. The van der Waals surface area contributed by atoms with Crippen molar-refractivity contribution in [1.82, 2.24) is 0 Å². The molecule has 0 fully saturated rings. The topological polar surface area (TPSA) is 46.2 Å². The van der Waals surface area contributed by atoms with Crippen LogP contribution >= 0.6 is 0 Å². The molecule has 0 aromatic heterocycles. The Hall–Kier alpha value is -2.96. The van der Waals surface area contributed by atoms with Gasteiger partial charge in [-0.25, -0.2) is 0 Å². The van der Waals surface area contributed by atoms with Crippen LogP contribution in [0.3, 0.4) is 0 Å². The van der Waals surface area contributed by atoms with Crippen LogP contribution in [0.15, 0.2) is 48.5 Å². The van der Waals surface area contributed by atoms with Gasteiger partial charge in [0.25, 0.3) is 0 Å². The fourth-order valence-corrected chi connectivity index (χ4v) is 2.64. The van der Waals surface area contributed by atoms with Crippen molar-refractivity contribution >= 4 is 0 Å². The fraction of sp³-hybridized carbons (Fsp3) is 0.333. The van der Waals surface area contributed by atoms with E-state index in [1.54, 1.807) is 0 Å². The Labute approximate surface area is 171 Å². The minimum atomic E-state index is 0.303. The van der Waals surface area contributed by atoms with Gasteiger partial charge in [-0.3, -0.25) is 0 Å². The molecule has 1 aliphatic heterocycles. The van der Waals surface area contributed by atoms with Crippen LogP contribution in [0.1, 0.15) is 11.1 Å². The van der Waals surface area contributed by atoms with E-state index in [2.05, 4.69) is 23.7 Å². The Morgan fingerprint density at radius 1 is 0.552 bits per heavy atom. The molecule has 5 heteroatoms. The first-order valence-electron chi connectivity index (χ1n) is 9.54. The molecule has 2 aromatic carbocycles. The molecule has 0 spiro atoms. The summed E-state index contributed by atoms with van der Waals surface area (Å²) in [6.07, 6.45) is 0. The first-order chi connectivity index (χ1) is 14.4. The standard InChI is InChI=1S/C24H24O5/c1-2-8-14-27-20-22-10-4-6-12-24(22)29-18-16-25-15-17-28-23-11-5-3-9-21(23)19-26-13-7-1/h3-6,9-12H,13-20H2. The molecule has 0 saturated carbocycles. The first kappa shape index (κ1) is 20.8. The van der Waals surface area contributed by atoms with Crippen LogP contribution < -0.4 is 9.47 Å². The molecule has 0 unspecified atom stereocenters. The van der Waals surface area contributed by atoms with Crippen molar-refractivity contribution in [2.75, 3.05) is 39.6 Å². The Kier molecular flexibility index (Phi) is 8.94. The van der Waals surface area contributed by atoms with Crippen molar-refractivity contribution in [3.8, 4) is 35.2 Å². The summed E-state index contributed by atoms with van der Waals surface area (Å²) >= 11 is 0. The summed E-state index contributed by atoms with van der Waals surface area (Å²) in [6.45, 7) is 3.32. The van der Waals surface area contributed by atoms with Crippen molar-refractivity contribution < 1.29 is 23.7 Å². The van der Waals surface area contributed by atoms with E-state index in [0.29, 0.717) is 52.9 Å². The molecule has 2 aromatic rings. The highest BCUT2D eigenvalue weighted by molar-refractivity contribution is 5.33. The van der Waals surface area contributed by atoms with Gasteiger partial charge in [-0.05, 0) is 24.0 Å². The fourth-order valence-electron chi connectivity index (χ4n) is 2.64. The van der Waals surface area contributed by atoms with Crippen molar-refractivity contribution in [3.63, 3.8) is 0 Å². The molecule has 0 bridgehead atoms. The molecule has 29 heavy (non-hydrogen) atoms. The van der Waals surface area contributed by atoms with Crippen molar-refractivity contribution in [2.45, 2.75) is 13.2 Å². The summed E-state index contributed by atoms with van der Waals surface area (Å²) < 4.78 is 28.5. The van der Waals surface area contributed by atoms with Crippen LogP contribution in [-0.2, 0) is 27.4 Å². The van der Waals surface area contributed by atoms with Gasteiger partial charge in [0, 0.05) is 11.1 Å². The lowest BCUT2D eigenvalue weighted by molar-refractivity contribution is 0.0741. The van der Waals surface area contributed by atoms with Gasteiger partial charge in [-0.2, -0.15) is 0 Å². The zero-order valence-electron chi connectivity index (χ0n) is 16.3. The third-order valence-electron chi connectivity index (χ3n) is 4.02. The lowest BCUT2D eigenvalue weighted by atomic mass is 10.2. The maximum absolute atomic E-state index is 5.82. The Balaban J connectivity index is 1.60. The molecular weight excluding hydrogens is 368 g/mol. The number of fused-ring (bicyclic) bond motifs is 2. The molecule has 0 atom stereocenters. The monoisotopic (exact) mass is 392 g/mol. The Morgan fingerprint density at radius 3 is 1.55 bits per heavy atom. The molecule has 0 amide bonds. The van der Waals surface area contributed by atoms with Gasteiger partial charge in [0.1, 0.15) is 37.9 Å². The molecular formula is C24H24O5. The van der Waals surface area contributed by atoms with Gasteiger partial charge in [-0.15, -0.1) is 0 Å². The summed E-state index contributed by atoms with van der Waals surface area (Å²) in [5.74, 6) is 12.9. The van der Waals surface area contributed by atoms with Crippen LogP contribution in [0, 0.1) is 23.7 Å². The van der Waals surface area contributed by atoms with Crippen molar-refractivity contribution in [1.29, 1.82) is 0 Å². The van der Waals surface area contributed by atoms with Gasteiger partial charge >= 0.3 is 0 Å². The third kappa shape index (κ3) is 7.52. The second-order valence-electron chi connectivity index (χ2n) is 6.11. The normalized spacial score (nSPS) is 16.0. The average Bonchev–Trinajstić information content (AvgIpc) is 2.75. The van der Waals surface area contributed by atoms with E-state index in [0.717, 1.165) is 22.6 Å². The molecule has 0 N–H and O–H groups in total. The summed E-state index contributed by atoms with van der Waals surface area (Å²) in [5, 5.41) is 0. The Morgan fingerprint density at radius 2 is 1.03 bits per heavy atom. The highest BCUT2D eigenvalue weighted by Gasteiger charge is 2.04. The van der Waals surface area contributed by atoms with Crippen LogP contribution in [0.2, 0.25) is 0 Å². The minimum Gasteiger partial charge on any atom is -0.491 e. The molecule has 150 valence electrons. The van der Waals surface area contributed by atoms with E-state index in [1.807, 2.05) is 48.5 Å². The van der Waals surface area contributed by atoms with E-state index in [1.165, 1.54) is 0 Å². The third-order valence-corrected chi connectivity index (χ3v) is 4.02. The second-order valence-corrected chi connectivity index (χ2v) is 6.11. The lowest BCUT2D eigenvalue weighted by Crippen LogP contribution is -2.13. The number of hydrogen-bond donors (Lipinski definition) is 0. The molecule has 5 nitrogen and oxygen atoms in total. The highest BCUT2D eigenvalue weighted by atomic mass is 16.5. The van der Waals surface area contributed by atoms with Crippen LogP contribution in [0.25, 0.3) is 0 Å². The molecule has 0 saturated heterocycles. The van der Waals surface area contributed by atoms with E-state index in [9.17, 15) is 0 Å². The van der Waals surface area contributed by atoms with Gasteiger partial charge in [-0.1, -0.05) is 48.2 Å². The molecule has 1 heterocycles. The highest BCUT2D eigenvalue weighted by Crippen LogP contribution is 2.19.